The second-order valence-electron chi connectivity index (χ2n) is 20.9. The molecule has 3 nitrogen and oxygen atoms in total. The highest BCUT2D eigenvalue weighted by Crippen LogP contribution is 2.52. The van der Waals surface area contributed by atoms with E-state index in [-0.39, 0.29) is 17.7 Å². The Hall–Kier alpha value is -6.78. The SMILES string of the molecule is Cc1ccc2oc3c4c5c(cc3c2c1)N(c1cccc(-c2c(C)cccc2C)c1)c1cc(-c2c(C)cccc2C)ccc1B5N(c1ccc(C(C)(C)C)cc1)c1ccc(C(C)(C)C)cc1-4. The summed E-state index contributed by atoms with van der Waals surface area (Å²) in [6.07, 6.45) is 0. The van der Waals surface area contributed by atoms with Gasteiger partial charge in [0.25, 0.3) is 0 Å². The fourth-order valence-electron chi connectivity index (χ4n) is 11.0. The number of hydrogen-bond acceptors (Lipinski definition) is 3. The number of rotatable bonds is 4. The van der Waals surface area contributed by atoms with Crippen molar-refractivity contribution in [3.05, 3.63) is 185 Å². The highest BCUT2D eigenvalue weighted by Gasteiger charge is 2.47. The van der Waals surface area contributed by atoms with Crippen molar-refractivity contribution in [3.8, 4) is 33.4 Å². The van der Waals surface area contributed by atoms with Gasteiger partial charge >= 0.3 is 6.85 Å². The van der Waals surface area contributed by atoms with Crippen LogP contribution in [0.25, 0.3) is 55.3 Å². The largest absolute Gasteiger partial charge is 0.455 e. The Morgan fingerprint density at radius 3 is 1.72 bits per heavy atom. The molecule has 0 fully saturated rings. The molecule has 0 spiro atoms. The van der Waals surface area contributed by atoms with E-state index in [9.17, 15) is 0 Å². The van der Waals surface area contributed by atoms with E-state index in [1.165, 1.54) is 106 Å². The first-order valence-electron chi connectivity index (χ1n) is 23.3. The lowest BCUT2D eigenvalue weighted by Gasteiger charge is -2.46. The molecule has 3 heterocycles. The van der Waals surface area contributed by atoms with Gasteiger partial charge < -0.3 is 14.1 Å². The van der Waals surface area contributed by atoms with E-state index in [0.717, 1.165) is 27.6 Å². The molecule has 11 rings (SSSR count). The van der Waals surface area contributed by atoms with Gasteiger partial charge in [0.05, 0.1) is 0 Å². The zero-order valence-corrected chi connectivity index (χ0v) is 39.7. The van der Waals surface area contributed by atoms with Gasteiger partial charge in [0.15, 0.2) is 0 Å². The van der Waals surface area contributed by atoms with Gasteiger partial charge in [-0.1, -0.05) is 132 Å². The fourth-order valence-corrected chi connectivity index (χ4v) is 11.0. The molecule has 0 atom stereocenters. The van der Waals surface area contributed by atoms with Crippen molar-refractivity contribution in [1.82, 2.24) is 0 Å². The molecule has 2 aliphatic heterocycles. The van der Waals surface area contributed by atoms with Gasteiger partial charge in [0, 0.05) is 50.3 Å². The third kappa shape index (κ3) is 6.47. The number of furan rings is 1. The van der Waals surface area contributed by atoms with E-state index in [0.29, 0.717) is 0 Å². The predicted octanol–water partition coefficient (Wildman–Crippen LogP) is 15.8. The zero-order valence-electron chi connectivity index (χ0n) is 39.7. The molecule has 9 aromatic rings. The summed E-state index contributed by atoms with van der Waals surface area (Å²) in [4.78, 5) is 5.20. The number of aryl methyl sites for hydroxylation is 5. The lowest BCUT2D eigenvalue weighted by Crippen LogP contribution is -2.61. The van der Waals surface area contributed by atoms with Crippen molar-refractivity contribution in [1.29, 1.82) is 0 Å². The summed E-state index contributed by atoms with van der Waals surface area (Å²) >= 11 is 0. The van der Waals surface area contributed by atoms with Crippen molar-refractivity contribution in [2.24, 2.45) is 0 Å². The molecule has 4 heteroatoms. The average molecular weight is 845 g/mol. The molecule has 320 valence electrons. The van der Waals surface area contributed by atoms with Gasteiger partial charge in [-0.3, -0.25) is 0 Å². The summed E-state index contributed by atoms with van der Waals surface area (Å²) in [6.45, 7) is 24.8. The van der Waals surface area contributed by atoms with Crippen LogP contribution in [0.1, 0.15) is 80.5 Å². The van der Waals surface area contributed by atoms with Crippen LogP contribution in [0.15, 0.2) is 150 Å². The normalized spacial score (nSPS) is 13.4. The molecule has 65 heavy (non-hydrogen) atoms. The average Bonchev–Trinajstić information content (AvgIpc) is 3.62. The van der Waals surface area contributed by atoms with Crippen molar-refractivity contribution < 1.29 is 4.42 Å². The highest BCUT2D eigenvalue weighted by atomic mass is 16.3. The Balaban J connectivity index is 1.30. The molecule has 0 unspecified atom stereocenters. The monoisotopic (exact) mass is 844 g/mol. The molecule has 0 N–H and O–H groups in total. The number of anilines is 5. The Kier molecular flexibility index (Phi) is 9.22. The summed E-state index contributed by atoms with van der Waals surface area (Å²) in [7, 11) is 0. The summed E-state index contributed by atoms with van der Waals surface area (Å²) in [6, 6.07) is 55.4. The molecular weight excluding hydrogens is 787 g/mol. The van der Waals surface area contributed by atoms with E-state index in [1.54, 1.807) is 0 Å². The van der Waals surface area contributed by atoms with Crippen LogP contribution >= 0.6 is 0 Å². The number of nitrogens with zero attached hydrogens (tertiary/aromatic N) is 2. The van der Waals surface area contributed by atoms with Gasteiger partial charge in [-0.2, -0.15) is 0 Å². The molecule has 8 aromatic carbocycles. The summed E-state index contributed by atoms with van der Waals surface area (Å²) in [5.74, 6) is 0. The maximum absolute atomic E-state index is 7.15. The lowest BCUT2D eigenvalue weighted by atomic mass is 9.43. The molecule has 0 aliphatic carbocycles. The van der Waals surface area contributed by atoms with Crippen molar-refractivity contribution >= 4 is 68.1 Å². The third-order valence-electron chi connectivity index (χ3n) is 14.3. The van der Waals surface area contributed by atoms with Crippen molar-refractivity contribution in [2.45, 2.75) is 87.0 Å². The van der Waals surface area contributed by atoms with Crippen LogP contribution in [-0.2, 0) is 10.8 Å². The summed E-state index contributed by atoms with van der Waals surface area (Å²) in [5.41, 5.74) is 26.5. The number of hydrogen-bond donors (Lipinski definition) is 0. The van der Waals surface area contributed by atoms with E-state index >= 15 is 0 Å². The second-order valence-corrected chi connectivity index (χ2v) is 20.9. The fraction of sp³-hybridized carbons (Fsp3) is 0.213. The maximum atomic E-state index is 7.15. The van der Waals surface area contributed by atoms with Crippen LogP contribution in [0.4, 0.5) is 28.4 Å². The van der Waals surface area contributed by atoms with E-state index < -0.39 is 0 Å². The highest BCUT2D eigenvalue weighted by molar-refractivity contribution is 6.94. The topological polar surface area (TPSA) is 19.6 Å². The van der Waals surface area contributed by atoms with E-state index in [2.05, 4.69) is 231 Å². The summed E-state index contributed by atoms with van der Waals surface area (Å²) < 4.78 is 7.15. The first-order valence-corrected chi connectivity index (χ1v) is 23.3. The lowest BCUT2D eigenvalue weighted by molar-refractivity contribution is 0.590. The minimum atomic E-state index is -0.159. The van der Waals surface area contributed by atoms with Gasteiger partial charge in [-0.25, -0.2) is 0 Å². The standard InChI is InChI=1S/C61H57BN2O/c1-36-21-30-54-47(31-36)48-35-53-58-57(59(48)65-54)49-34-44(61(9,10)11)25-29-51(49)64(45-26-23-43(24-27-45)60(6,7)8)62(58)50-28-22-42(56-39(4)17-13-18-40(56)5)33-52(50)63(53)46-20-14-19-41(32-46)55-37(2)15-12-16-38(55)3/h12-35H,1-11H3. The minimum Gasteiger partial charge on any atom is -0.455 e. The first kappa shape index (κ1) is 41.0. The first-order chi connectivity index (χ1) is 31.1. The van der Waals surface area contributed by atoms with Crippen molar-refractivity contribution in [3.63, 3.8) is 0 Å². The quantitative estimate of drug-likeness (QED) is 0.165. The molecule has 0 saturated heterocycles. The van der Waals surface area contributed by atoms with Crippen LogP contribution in [0.3, 0.4) is 0 Å². The van der Waals surface area contributed by atoms with Crippen LogP contribution < -0.4 is 20.6 Å². The maximum Gasteiger partial charge on any atom is 0.333 e. The Morgan fingerprint density at radius 2 is 1.08 bits per heavy atom. The second kappa shape index (κ2) is 14.6. The minimum absolute atomic E-state index is 0.0262. The molecule has 0 amide bonds. The van der Waals surface area contributed by atoms with Crippen LogP contribution in [-0.4, -0.2) is 6.85 Å². The predicted molar refractivity (Wildman–Crippen MR) is 279 cm³/mol. The third-order valence-corrected chi connectivity index (χ3v) is 14.3. The Bertz CT molecular complexity index is 3370. The Morgan fingerprint density at radius 1 is 0.462 bits per heavy atom. The van der Waals surface area contributed by atoms with Gasteiger partial charge in [-0.15, -0.1) is 0 Å². The van der Waals surface area contributed by atoms with Crippen LogP contribution in [0.2, 0.25) is 0 Å². The van der Waals surface area contributed by atoms with Gasteiger partial charge in [-0.05, 0) is 173 Å². The van der Waals surface area contributed by atoms with Crippen LogP contribution in [0, 0.1) is 34.6 Å². The molecule has 0 bridgehead atoms. The molecule has 1 aromatic heterocycles. The molecule has 0 radical (unpaired) electrons. The zero-order chi connectivity index (χ0) is 45.3. The Labute approximate surface area is 385 Å². The molecule has 2 aliphatic rings. The smallest absolute Gasteiger partial charge is 0.333 e. The van der Waals surface area contributed by atoms with E-state index in [1.807, 2.05) is 0 Å². The van der Waals surface area contributed by atoms with Gasteiger partial charge in [0.2, 0.25) is 0 Å². The number of benzene rings is 8. The number of fused-ring (bicyclic) bond motifs is 8. The molecular formula is C61H57BN2O. The molecule has 0 saturated carbocycles. The van der Waals surface area contributed by atoms with Crippen LogP contribution in [0.5, 0.6) is 0 Å². The summed E-state index contributed by atoms with van der Waals surface area (Å²) in [5, 5.41) is 2.28. The van der Waals surface area contributed by atoms with Gasteiger partial charge in [0.1, 0.15) is 11.2 Å². The van der Waals surface area contributed by atoms with Crippen molar-refractivity contribution in [2.75, 3.05) is 9.71 Å². The van der Waals surface area contributed by atoms with E-state index in [4.69, 9.17) is 4.42 Å².